The smallest absolute Gasteiger partial charge is 0.0827 e. The van der Waals surface area contributed by atoms with Crippen molar-refractivity contribution in [3.05, 3.63) is 30.3 Å². The molecule has 5 heteroatoms. The monoisotopic (exact) mass is 336 g/mol. The highest BCUT2D eigenvalue weighted by Gasteiger charge is 2.40. The fraction of sp³-hybridized carbons (Fsp3) is 0.667. The standard InChI is InChI=1S/C18H28N2O2S/c1-2-3-11-20-12-13-22-18(16-20)9-14-23(21,15-10-18)19-17-7-5-4-6-8-17/h4-8H,2-3,9-16H2,1H3. The molecule has 0 amide bonds. The molecule has 1 aromatic rings. The van der Waals surface area contributed by atoms with Gasteiger partial charge in [-0.05, 0) is 37.9 Å². The van der Waals surface area contributed by atoms with Gasteiger partial charge in [0.2, 0.25) is 0 Å². The zero-order valence-corrected chi connectivity index (χ0v) is 14.9. The lowest BCUT2D eigenvalue weighted by Crippen LogP contribution is -2.55. The van der Waals surface area contributed by atoms with E-state index in [0.717, 1.165) is 44.8 Å². The Kier molecular flexibility index (Phi) is 5.39. The maximum atomic E-state index is 13.0. The van der Waals surface area contributed by atoms with E-state index in [1.165, 1.54) is 12.8 Å². The highest BCUT2D eigenvalue weighted by Crippen LogP contribution is 2.33. The highest BCUT2D eigenvalue weighted by atomic mass is 32.2. The molecule has 1 spiro atoms. The summed E-state index contributed by atoms with van der Waals surface area (Å²) < 4.78 is 23.7. The van der Waals surface area contributed by atoms with E-state index in [1.54, 1.807) is 0 Å². The van der Waals surface area contributed by atoms with Gasteiger partial charge in [0.1, 0.15) is 0 Å². The fourth-order valence-electron chi connectivity index (χ4n) is 3.49. The van der Waals surface area contributed by atoms with Crippen LogP contribution in [0.4, 0.5) is 5.69 Å². The topological polar surface area (TPSA) is 41.9 Å². The molecule has 2 aliphatic heterocycles. The van der Waals surface area contributed by atoms with Crippen LogP contribution in [-0.2, 0) is 14.5 Å². The van der Waals surface area contributed by atoms with E-state index in [-0.39, 0.29) is 5.60 Å². The minimum atomic E-state index is -2.13. The lowest BCUT2D eigenvalue weighted by atomic mass is 9.94. The molecular formula is C18H28N2O2S. The number of rotatable bonds is 4. The lowest BCUT2D eigenvalue weighted by Gasteiger charge is -2.45. The van der Waals surface area contributed by atoms with Crippen molar-refractivity contribution in [2.75, 3.05) is 37.7 Å². The summed E-state index contributed by atoms with van der Waals surface area (Å²) >= 11 is 0. The summed E-state index contributed by atoms with van der Waals surface area (Å²) in [6.45, 7) is 6.22. The van der Waals surface area contributed by atoms with Crippen LogP contribution in [0, 0.1) is 0 Å². The van der Waals surface area contributed by atoms with Gasteiger partial charge in [0.05, 0.1) is 27.6 Å². The second kappa shape index (κ2) is 7.32. The van der Waals surface area contributed by atoms with E-state index in [1.807, 2.05) is 30.3 Å². The van der Waals surface area contributed by atoms with Crippen molar-refractivity contribution in [3.8, 4) is 0 Å². The first-order chi connectivity index (χ1) is 11.1. The molecule has 0 aromatic heterocycles. The highest BCUT2D eigenvalue weighted by molar-refractivity contribution is 7.93. The van der Waals surface area contributed by atoms with E-state index < -0.39 is 9.73 Å². The summed E-state index contributed by atoms with van der Waals surface area (Å²) in [6, 6.07) is 9.72. The molecular weight excluding hydrogens is 308 g/mol. The molecule has 4 nitrogen and oxygen atoms in total. The SMILES string of the molecule is CCCCN1CCOC2(CCS(=O)(=Nc3ccccc3)CC2)C1. The summed E-state index contributed by atoms with van der Waals surface area (Å²) in [5.74, 6) is 1.31. The summed E-state index contributed by atoms with van der Waals surface area (Å²) in [4.78, 5) is 2.52. The van der Waals surface area contributed by atoms with Gasteiger partial charge in [0.25, 0.3) is 0 Å². The van der Waals surface area contributed by atoms with Crippen molar-refractivity contribution in [1.29, 1.82) is 0 Å². The first-order valence-corrected chi connectivity index (χ1v) is 10.6. The molecule has 0 radical (unpaired) electrons. The Morgan fingerprint density at radius 1 is 1.26 bits per heavy atom. The van der Waals surface area contributed by atoms with Gasteiger partial charge in [-0.2, -0.15) is 4.36 Å². The Morgan fingerprint density at radius 3 is 2.70 bits per heavy atom. The minimum Gasteiger partial charge on any atom is -0.372 e. The number of morpholine rings is 1. The third-order valence-corrected chi connectivity index (χ3v) is 7.16. The Labute approximate surface area is 140 Å². The van der Waals surface area contributed by atoms with Crippen LogP contribution in [0.3, 0.4) is 0 Å². The normalized spacial score (nSPS) is 32.0. The summed E-state index contributed by atoms with van der Waals surface area (Å²) in [6.07, 6.45) is 4.21. The second-order valence-corrected chi connectivity index (χ2v) is 9.31. The molecule has 0 unspecified atom stereocenters. The van der Waals surface area contributed by atoms with Crippen molar-refractivity contribution in [3.63, 3.8) is 0 Å². The Balaban J connectivity index is 1.65. The third kappa shape index (κ3) is 4.34. The van der Waals surface area contributed by atoms with Crippen LogP contribution in [0.1, 0.15) is 32.6 Å². The Bertz CT molecular complexity index is 609. The molecule has 128 valence electrons. The average Bonchev–Trinajstić information content (AvgIpc) is 2.58. The van der Waals surface area contributed by atoms with Gasteiger partial charge in [-0.3, -0.25) is 4.90 Å². The van der Waals surface area contributed by atoms with Crippen LogP contribution in [0.2, 0.25) is 0 Å². The van der Waals surface area contributed by atoms with Crippen LogP contribution in [0.25, 0.3) is 0 Å². The van der Waals surface area contributed by atoms with Crippen LogP contribution in [-0.4, -0.2) is 52.5 Å². The van der Waals surface area contributed by atoms with E-state index in [4.69, 9.17) is 4.74 Å². The second-order valence-electron chi connectivity index (χ2n) is 6.77. The van der Waals surface area contributed by atoms with E-state index >= 15 is 0 Å². The number of unbranched alkanes of at least 4 members (excludes halogenated alkanes) is 1. The minimum absolute atomic E-state index is 0.0842. The van der Waals surface area contributed by atoms with Crippen LogP contribution >= 0.6 is 0 Å². The lowest BCUT2D eigenvalue weighted by molar-refractivity contribution is -0.113. The molecule has 0 N–H and O–H groups in total. The maximum Gasteiger partial charge on any atom is 0.0827 e. The number of ether oxygens (including phenoxy) is 1. The van der Waals surface area contributed by atoms with Gasteiger partial charge in [-0.15, -0.1) is 0 Å². The molecule has 2 saturated heterocycles. The van der Waals surface area contributed by atoms with Gasteiger partial charge in [0, 0.05) is 24.6 Å². The third-order valence-electron chi connectivity index (χ3n) is 4.94. The number of benzene rings is 1. The number of hydrogen-bond acceptors (Lipinski definition) is 4. The summed E-state index contributed by atoms with van der Waals surface area (Å²) in [5.41, 5.74) is 0.752. The predicted octanol–water partition coefficient (Wildman–Crippen LogP) is 3.45. The molecule has 2 aliphatic rings. The van der Waals surface area contributed by atoms with Crippen LogP contribution in [0.5, 0.6) is 0 Å². The van der Waals surface area contributed by atoms with E-state index in [0.29, 0.717) is 11.5 Å². The van der Waals surface area contributed by atoms with Crippen molar-refractivity contribution >= 4 is 15.4 Å². The molecule has 0 aliphatic carbocycles. The Hall–Kier alpha value is -0.910. The first kappa shape index (κ1) is 16.9. The molecule has 2 heterocycles. The van der Waals surface area contributed by atoms with Gasteiger partial charge in [-0.25, -0.2) is 4.21 Å². The summed E-state index contributed by atoms with van der Waals surface area (Å²) in [7, 11) is -2.13. The molecule has 3 rings (SSSR count). The van der Waals surface area contributed by atoms with Crippen molar-refractivity contribution < 1.29 is 8.95 Å². The largest absolute Gasteiger partial charge is 0.372 e. The van der Waals surface area contributed by atoms with Crippen molar-refractivity contribution in [2.45, 2.75) is 38.2 Å². The summed E-state index contributed by atoms with van der Waals surface area (Å²) in [5, 5.41) is 0. The van der Waals surface area contributed by atoms with Crippen molar-refractivity contribution in [2.24, 2.45) is 4.36 Å². The zero-order valence-electron chi connectivity index (χ0n) is 14.1. The van der Waals surface area contributed by atoms with Crippen LogP contribution in [0.15, 0.2) is 34.7 Å². The quantitative estimate of drug-likeness (QED) is 0.846. The maximum absolute atomic E-state index is 13.0. The van der Waals surface area contributed by atoms with Gasteiger partial charge in [0.15, 0.2) is 0 Å². The van der Waals surface area contributed by atoms with E-state index in [9.17, 15) is 4.21 Å². The van der Waals surface area contributed by atoms with Crippen LogP contribution < -0.4 is 0 Å². The first-order valence-electron chi connectivity index (χ1n) is 8.77. The van der Waals surface area contributed by atoms with Gasteiger partial charge >= 0.3 is 0 Å². The molecule has 1 aromatic carbocycles. The van der Waals surface area contributed by atoms with Gasteiger partial charge in [-0.1, -0.05) is 31.5 Å². The predicted molar refractivity (Wildman–Crippen MR) is 95.7 cm³/mol. The van der Waals surface area contributed by atoms with E-state index in [2.05, 4.69) is 16.2 Å². The molecule has 2 fully saturated rings. The van der Waals surface area contributed by atoms with Gasteiger partial charge < -0.3 is 4.74 Å². The fourth-order valence-corrected chi connectivity index (χ4v) is 5.76. The number of hydrogen-bond donors (Lipinski definition) is 0. The van der Waals surface area contributed by atoms with Crippen molar-refractivity contribution in [1.82, 2.24) is 4.90 Å². The molecule has 0 atom stereocenters. The molecule has 0 bridgehead atoms. The Morgan fingerprint density at radius 2 is 2.00 bits per heavy atom. The average molecular weight is 337 g/mol. The molecule has 23 heavy (non-hydrogen) atoms. The number of nitrogens with zero attached hydrogens (tertiary/aromatic N) is 2. The zero-order chi connectivity index (χ0) is 16.2. The molecule has 0 saturated carbocycles.